The Morgan fingerprint density at radius 1 is 1.00 bits per heavy atom. The van der Waals surface area contributed by atoms with Gasteiger partial charge >= 0.3 is 12.0 Å². The van der Waals surface area contributed by atoms with E-state index in [4.69, 9.17) is 15.3 Å². The minimum atomic E-state index is -0.966. The SMILES string of the molecule is CCN(CCC(=O)O)C(=O)N(CCO)CCO. The Labute approximate surface area is 100 Å². The number of urea groups is 1. The van der Waals surface area contributed by atoms with Gasteiger partial charge in [0.1, 0.15) is 0 Å². The number of aliphatic hydroxyl groups excluding tert-OH is 2. The van der Waals surface area contributed by atoms with Gasteiger partial charge in [-0.05, 0) is 6.92 Å². The number of amides is 2. The maximum Gasteiger partial charge on any atom is 0.320 e. The summed E-state index contributed by atoms with van der Waals surface area (Å²) in [5, 5.41) is 26.1. The van der Waals surface area contributed by atoms with Gasteiger partial charge in [-0.3, -0.25) is 4.79 Å². The largest absolute Gasteiger partial charge is 0.481 e. The number of nitrogens with zero attached hydrogens (tertiary/aromatic N) is 2. The van der Waals surface area contributed by atoms with Gasteiger partial charge in [0.05, 0.1) is 19.6 Å². The molecule has 0 aromatic heterocycles. The fraction of sp³-hybridized carbons (Fsp3) is 0.800. The lowest BCUT2D eigenvalue weighted by Crippen LogP contribution is -2.46. The summed E-state index contributed by atoms with van der Waals surface area (Å²) < 4.78 is 0. The van der Waals surface area contributed by atoms with Gasteiger partial charge in [-0.1, -0.05) is 0 Å². The summed E-state index contributed by atoms with van der Waals surface area (Å²) in [6.07, 6.45) is -0.119. The Balaban J connectivity index is 4.40. The lowest BCUT2D eigenvalue weighted by Gasteiger charge is -2.28. The van der Waals surface area contributed by atoms with Crippen molar-refractivity contribution in [2.75, 3.05) is 39.4 Å². The maximum atomic E-state index is 11.9. The van der Waals surface area contributed by atoms with E-state index < -0.39 is 5.97 Å². The Hall–Kier alpha value is -1.34. The molecule has 0 aliphatic rings. The number of hydrogen-bond acceptors (Lipinski definition) is 4. The van der Waals surface area contributed by atoms with Crippen LogP contribution in [0.25, 0.3) is 0 Å². The highest BCUT2D eigenvalue weighted by molar-refractivity contribution is 5.75. The highest BCUT2D eigenvalue weighted by atomic mass is 16.4. The zero-order valence-corrected chi connectivity index (χ0v) is 10.0. The number of aliphatic hydroxyl groups is 2. The van der Waals surface area contributed by atoms with Crippen LogP contribution in [0.4, 0.5) is 4.79 Å². The molecule has 7 nitrogen and oxygen atoms in total. The van der Waals surface area contributed by atoms with Crippen molar-refractivity contribution in [3.63, 3.8) is 0 Å². The van der Waals surface area contributed by atoms with Crippen molar-refractivity contribution in [2.45, 2.75) is 13.3 Å². The first-order valence-electron chi connectivity index (χ1n) is 5.54. The highest BCUT2D eigenvalue weighted by Crippen LogP contribution is 2.00. The molecule has 0 aliphatic heterocycles. The maximum absolute atomic E-state index is 11.9. The van der Waals surface area contributed by atoms with Crippen LogP contribution in [0.5, 0.6) is 0 Å². The summed E-state index contributed by atoms with van der Waals surface area (Å²) in [5.74, 6) is -0.966. The number of carboxylic acid groups (broad SMARTS) is 1. The van der Waals surface area contributed by atoms with Crippen LogP contribution < -0.4 is 0 Å². The number of carbonyl (C=O) groups is 2. The van der Waals surface area contributed by atoms with Crippen LogP contribution in [-0.2, 0) is 4.79 Å². The van der Waals surface area contributed by atoms with Gasteiger partial charge in [0.15, 0.2) is 0 Å². The van der Waals surface area contributed by atoms with E-state index in [1.807, 2.05) is 0 Å². The molecule has 2 amide bonds. The second kappa shape index (κ2) is 8.77. The quantitative estimate of drug-likeness (QED) is 0.521. The van der Waals surface area contributed by atoms with Crippen LogP contribution in [0.1, 0.15) is 13.3 Å². The standard InChI is InChI=1S/C10H20N2O5/c1-2-11(4-3-9(15)16)10(17)12(5-7-13)6-8-14/h13-14H,2-8H2,1H3,(H,15,16). The van der Waals surface area contributed by atoms with Crippen molar-refractivity contribution in [3.8, 4) is 0 Å². The van der Waals surface area contributed by atoms with Gasteiger partial charge in [0.25, 0.3) is 0 Å². The van der Waals surface area contributed by atoms with Gasteiger partial charge < -0.3 is 25.1 Å². The first-order valence-corrected chi connectivity index (χ1v) is 5.54. The fourth-order valence-electron chi connectivity index (χ4n) is 1.36. The second-order valence-corrected chi connectivity index (χ2v) is 3.44. The molecule has 0 saturated heterocycles. The van der Waals surface area contributed by atoms with Crippen molar-refractivity contribution >= 4 is 12.0 Å². The van der Waals surface area contributed by atoms with Crippen LogP contribution in [0.2, 0.25) is 0 Å². The summed E-state index contributed by atoms with van der Waals surface area (Å²) in [6, 6.07) is -0.364. The van der Waals surface area contributed by atoms with E-state index in [0.29, 0.717) is 6.54 Å². The Kier molecular flexibility index (Phi) is 8.08. The van der Waals surface area contributed by atoms with Crippen LogP contribution in [0.3, 0.4) is 0 Å². The predicted molar refractivity (Wildman–Crippen MR) is 60.6 cm³/mol. The van der Waals surface area contributed by atoms with Gasteiger partial charge in [-0.15, -0.1) is 0 Å². The molecule has 7 heteroatoms. The Bertz CT molecular complexity index is 241. The zero-order valence-electron chi connectivity index (χ0n) is 10.0. The van der Waals surface area contributed by atoms with E-state index in [9.17, 15) is 9.59 Å². The van der Waals surface area contributed by atoms with E-state index in [2.05, 4.69) is 0 Å². The molecule has 0 aromatic carbocycles. The van der Waals surface area contributed by atoms with Crippen molar-refractivity contribution in [2.24, 2.45) is 0 Å². The molecule has 0 fully saturated rings. The third-order valence-electron chi connectivity index (χ3n) is 2.26. The smallest absolute Gasteiger partial charge is 0.320 e. The number of carbonyl (C=O) groups excluding carboxylic acids is 1. The molecule has 0 atom stereocenters. The second-order valence-electron chi connectivity index (χ2n) is 3.44. The topological polar surface area (TPSA) is 101 Å². The summed E-state index contributed by atoms with van der Waals surface area (Å²) in [4.78, 5) is 25.0. The molecule has 3 N–H and O–H groups in total. The molecule has 0 aromatic rings. The first kappa shape index (κ1) is 15.7. The van der Waals surface area contributed by atoms with Crippen LogP contribution in [-0.4, -0.2) is 76.5 Å². The van der Waals surface area contributed by atoms with Crippen molar-refractivity contribution in [1.29, 1.82) is 0 Å². The predicted octanol–water partition coefficient (Wildman–Crippen LogP) is -0.810. The average Bonchev–Trinajstić information content (AvgIpc) is 2.29. The van der Waals surface area contributed by atoms with Crippen LogP contribution in [0, 0.1) is 0 Å². The summed E-state index contributed by atoms with van der Waals surface area (Å²) in [5.41, 5.74) is 0. The third kappa shape index (κ3) is 6.08. The number of hydrogen-bond donors (Lipinski definition) is 3. The molecular weight excluding hydrogens is 228 g/mol. The third-order valence-corrected chi connectivity index (χ3v) is 2.26. The molecule has 0 saturated carbocycles. The fourth-order valence-corrected chi connectivity index (χ4v) is 1.36. The minimum absolute atomic E-state index is 0.119. The molecule has 0 radical (unpaired) electrons. The van der Waals surface area contributed by atoms with Crippen molar-refractivity contribution in [3.05, 3.63) is 0 Å². The minimum Gasteiger partial charge on any atom is -0.481 e. The van der Waals surface area contributed by atoms with Crippen LogP contribution >= 0.6 is 0 Å². The molecular formula is C10H20N2O5. The highest BCUT2D eigenvalue weighted by Gasteiger charge is 2.19. The van der Waals surface area contributed by atoms with Gasteiger partial charge in [0.2, 0.25) is 0 Å². The monoisotopic (exact) mass is 248 g/mol. The van der Waals surface area contributed by atoms with Crippen molar-refractivity contribution in [1.82, 2.24) is 9.80 Å². The Morgan fingerprint density at radius 3 is 1.88 bits per heavy atom. The normalized spacial score (nSPS) is 10.1. The summed E-state index contributed by atoms with van der Waals surface area (Å²) in [7, 11) is 0. The van der Waals surface area contributed by atoms with Gasteiger partial charge in [-0.25, -0.2) is 4.79 Å². The van der Waals surface area contributed by atoms with E-state index in [-0.39, 0.29) is 45.3 Å². The number of aliphatic carboxylic acids is 1. The van der Waals surface area contributed by atoms with Gasteiger partial charge in [-0.2, -0.15) is 0 Å². The molecule has 0 heterocycles. The lowest BCUT2D eigenvalue weighted by molar-refractivity contribution is -0.137. The number of rotatable bonds is 8. The van der Waals surface area contributed by atoms with Crippen LogP contribution in [0.15, 0.2) is 0 Å². The average molecular weight is 248 g/mol. The van der Waals surface area contributed by atoms with Gasteiger partial charge in [0, 0.05) is 26.2 Å². The van der Waals surface area contributed by atoms with E-state index >= 15 is 0 Å². The molecule has 0 spiro atoms. The lowest BCUT2D eigenvalue weighted by atomic mass is 10.4. The summed E-state index contributed by atoms with van der Waals surface area (Å²) in [6.45, 7) is 2.13. The summed E-state index contributed by atoms with van der Waals surface area (Å²) >= 11 is 0. The molecule has 100 valence electrons. The molecule has 0 unspecified atom stereocenters. The molecule has 17 heavy (non-hydrogen) atoms. The zero-order chi connectivity index (χ0) is 13.3. The molecule has 0 bridgehead atoms. The number of carboxylic acids is 1. The van der Waals surface area contributed by atoms with E-state index in [0.717, 1.165) is 0 Å². The molecule has 0 rings (SSSR count). The van der Waals surface area contributed by atoms with E-state index in [1.165, 1.54) is 9.80 Å². The van der Waals surface area contributed by atoms with Crippen molar-refractivity contribution < 1.29 is 24.9 Å². The molecule has 0 aliphatic carbocycles. The first-order chi connectivity index (χ1) is 8.06. The van der Waals surface area contributed by atoms with E-state index in [1.54, 1.807) is 6.92 Å². The Morgan fingerprint density at radius 2 is 1.53 bits per heavy atom.